The van der Waals surface area contributed by atoms with Crippen LogP contribution in [0.3, 0.4) is 0 Å². The zero-order chi connectivity index (χ0) is 18.8. The standard InChI is InChI=1S/C23H21N3O/c1-16-9-8-10-17(2)22(16)25-21(27)15-26-20-14-7-6-13-19(20)24-23(26)18-11-4-3-5-12-18/h3-14H,15H2,1-2H3,(H,25,27). The van der Waals surface area contributed by atoms with E-state index >= 15 is 0 Å². The molecule has 1 N–H and O–H groups in total. The Morgan fingerprint density at radius 2 is 1.56 bits per heavy atom. The van der Waals surface area contributed by atoms with Crippen molar-refractivity contribution in [2.45, 2.75) is 20.4 Å². The minimum Gasteiger partial charge on any atom is -0.324 e. The van der Waals surface area contributed by atoms with Crippen molar-refractivity contribution in [3.8, 4) is 11.4 Å². The van der Waals surface area contributed by atoms with Gasteiger partial charge >= 0.3 is 0 Å². The van der Waals surface area contributed by atoms with Gasteiger partial charge in [-0.25, -0.2) is 4.98 Å². The van der Waals surface area contributed by atoms with Gasteiger partial charge in [-0.1, -0.05) is 60.7 Å². The number of anilines is 1. The molecule has 0 aliphatic rings. The fourth-order valence-corrected chi connectivity index (χ4v) is 3.38. The molecule has 4 rings (SSSR count). The Balaban J connectivity index is 1.72. The number of hydrogen-bond acceptors (Lipinski definition) is 2. The first-order valence-corrected chi connectivity index (χ1v) is 9.00. The van der Waals surface area contributed by atoms with Crippen molar-refractivity contribution in [3.63, 3.8) is 0 Å². The van der Waals surface area contributed by atoms with Gasteiger partial charge in [0.15, 0.2) is 0 Å². The van der Waals surface area contributed by atoms with Gasteiger partial charge in [-0.2, -0.15) is 0 Å². The van der Waals surface area contributed by atoms with Crippen LogP contribution in [0, 0.1) is 13.8 Å². The third-order valence-corrected chi connectivity index (χ3v) is 4.73. The number of benzene rings is 3. The summed E-state index contributed by atoms with van der Waals surface area (Å²) in [7, 11) is 0. The lowest BCUT2D eigenvalue weighted by molar-refractivity contribution is -0.116. The van der Waals surface area contributed by atoms with Gasteiger partial charge in [0.1, 0.15) is 12.4 Å². The van der Waals surface area contributed by atoms with E-state index in [1.807, 2.05) is 91.2 Å². The molecule has 0 fully saturated rings. The van der Waals surface area contributed by atoms with Gasteiger partial charge in [0.2, 0.25) is 5.91 Å². The van der Waals surface area contributed by atoms with Gasteiger partial charge in [-0.15, -0.1) is 0 Å². The SMILES string of the molecule is Cc1cccc(C)c1NC(=O)Cn1c(-c2ccccc2)nc2ccccc21. The summed E-state index contributed by atoms with van der Waals surface area (Å²) in [6.07, 6.45) is 0. The Kier molecular flexibility index (Phi) is 4.47. The molecular weight excluding hydrogens is 334 g/mol. The van der Waals surface area contributed by atoms with E-state index in [2.05, 4.69) is 5.32 Å². The van der Waals surface area contributed by atoms with Gasteiger partial charge in [0, 0.05) is 11.3 Å². The summed E-state index contributed by atoms with van der Waals surface area (Å²) in [4.78, 5) is 17.6. The highest BCUT2D eigenvalue weighted by molar-refractivity contribution is 5.94. The molecule has 0 aliphatic heterocycles. The molecule has 0 atom stereocenters. The molecule has 0 spiro atoms. The zero-order valence-electron chi connectivity index (χ0n) is 15.4. The molecule has 0 aliphatic carbocycles. The van der Waals surface area contributed by atoms with Crippen LogP contribution in [0.25, 0.3) is 22.4 Å². The Bertz CT molecular complexity index is 1090. The van der Waals surface area contributed by atoms with E-state index in [0.29, 0.717) is 0 Å². The molecule has 134 valence electrons. The van der Waals surface area contributed by atoms with Crippen molar-refractivity contribution in [1.29, 1.82) is 0 Å². The zero-order valence-corrected chi connectivity index (χ0v) is 15.4. The normalized spacial score (nSPS) is 10.9. The molecule has 1 aromatic heterocycles. The van der Waals surface area contributed by atoms with E-state index in [1.54, 1.807) is 0 Å². The Hall–Kier alpha value is -3.40. The maximum Gasteiger partial charge on any atom is 0.244 e. The van der Waals surface area contributed by atoms with Crippen molar-refractivity contribution in [3.05, 3.63) is 83.9 Å². The van der Waals surface area contributed by atoms with Gasteiger partial charge in [-0.3, -0.25) is 4.79 Å². The number of imidazole rings is 1. The maximum absolute atomic E-state index is 12.9. The highest BCUT2D eigenvalue weighted by Crippen LogP contribution is 2.25. The van der Waals surface area contributed by atoms with Crippen LogP contribution in [0.1, 0.15) is 11.1 Å². The van der Waals surface area contributed by atoms with E-state index < -0.39 is 0 Å². The fraction of sp³-hybridized carbons (Fsp3) is 0.130. The van der Waals surface area contributed by atoms with Crippen molar-refractivity contribution in [2.75, 3.05) is 5.32 Å². The van der Waals surface area contributed by atoms with Crippen LogP contribution in [-0.4, -0.2) is 15.5 Å². The first-order chi connectivity index (χ1) is 13.1. The Morgan fingerprint density at radius 1 is 0.889 bits per heavy atom. The number of aromatic nitrogens is 2. The van der Waals surface area contributed by atoms with Gasteiger partial charge < -0.3 is 9.88 Å². The van der Waals surface area contributed by atoms with Gasteiger partial charge in [0.05, 0.1) is 11.0 Å². The Labute approximate surface area is 158 Å². The Morgan fingerprint density at radius 3 is 2.30 bits per heavy atom. The largest absolute Gasteiger partial charge is 0.324 e. The number of fused-ring (bicyclic) bond motifs is 1. The fourth-order valence-electron chi connectivity index (χ4n) is 3.38. The summed E-state index contributed by atoms with van der Waals surface area (Å²) in [5.74, 6) is 0.737. The molecule has 1 heterocycles. The van der Waals surface area contributed by atoms with Crippen LogP contribution in [0.4, 0.5) is 5.69 Å². The minimum absolute atomic E-state index is 0.0623. The molecule has 0 bridgehead atoms. The van der Waals surface area contributed by atoms with Crippen molar-refractivity contribution in [1.82, 2.24) is 9.55 Å². The first-order valence-electron chi connectivity index (χ1n) is 9.00. The lowest BCUT2D eigenvalue weighted by Gasteiger charge is -2.13. The van der Waals surface area contributed by atoms with Crippen LogP contribution in [0.15, 0.2) is 72.8 Å². The monoisotopic (exact) mass is 355 g/mol. The van der Waals surface area contributed by atoms with E-state index in [0.717, 1.165) is 39.2 Å². The third-order valence-electron chi connectivity index (χ3n) is 4.73. The topological polar surface area (TPSA) is 46.9 Å². The number of nitrogens with zero attached hydrogens (tertiary/aromatic N) is 2. The van der Waals surface area contributed by atoms with E-state index in [4.69, 9.17) is 4.98 Å². The second-order valence-corrected chi connectivity index (χ2v) is 6.69. The number of nitrogens with one attached hydrogen (secondary N) is 1. The molecule has 4 heteroatoms. The van der Waals surface area contributed by atoms with Crippen molar-refractivity contribution in [2.24, 2.45) is 0 Å². The summed E-state index contributed by atoms with van der Waals surface area (Å²) in [6, 6.07) is 23.9. The predicted molar refractivity (Wildman–Crippen MR) is 110 cm³/mol. The summed E-state index contributed by atoms with van der Waals surface area (Å²) in [6.45, 7) is 4.22. The van der Waals surface area contributed by atoms with Crippen LogP contribution in [0.5, 0.6) is 0 Å². The van der Waals surface area contributed by atoms with E-state index in [-0.39, 0.29) is 12.5 Å². The molecule has 0 radical (unpaired) electrons. The summed E-state index contributed by atoms with van der Waals surface area (Å²) < 4.78 is 1.98. The second kappa shape index (κ2) is 7.08. The number of rotatable bonds is 4. The van der Waals surface area contributed by atoms with E-state index in [1.165, 1.54) is 0 Å². The molecule has 0 unspecified atom stereocenters. The van der Waals surface area contributed by atoms with Crippen molar-refractivity contribution >= 4 is 22.6 Å². The summed E-state index contributed by atoms with van der Waals surface area (Å²) in [5, 5.41) is 3.07. The molecule has 3 aromatic carbocycles. The molecule has 1 amide bonds. The first kappa shape index (κ1) is 17.0. The van der Waals surface area contributed by atoms with Crippen LogP contribution >= 0.6 is 0 Å². The number of aryl methyl sites for hydroxylation is 2. The van der Waals surface area contributed by atoms with Crippen LogP contribution < -0.4 is 5.32 Å². The number of para-hydroxylation sites is 3. The second-order valence-electron chi connectivity index (χ2n) is 6.69. The molecular formula is C23H21N3O. The average molecular weight is 355 g/mol. The third kappa shape index (κ3) is 3.34. The summed E-state index contributed by atoms with van der Waals surface area (Å²) in [5.41, 5.74) is 5.83. The molecule has 27 heavy (non-hydrogen) atoms. The van der Waals surface area contributed by atoms with Gasteiger partial charge in [-0.05, 0) is 37.1 Å². The van der Waals surface area contributed by atoms with Gasteiger partial charge in [0.25, 0.3) is 0 Å². The van der Waals surface area contributed by atoms with Crippen molar-refractivity contribution < 1.29 is 4.79 Å². The van der Waals surface area contributed by atoms with E-state index in [9.17, 15) is 4.79 Å². The van der Waals surface area contributed by atoms with Crippen LogP contribution in [-0.2, 0) is 11.3 Å². The smallest absolute Gasteiger partial charge is 0.244 e. The molecule has 0 saturated heterocycles. The number of carbonyl (C=O) groups is 1. The predicted octanol–water partition coefficient (Wildman–Crippen LogP) is 4.96. The minimum atomic E-state index is -0.0623. The van der Waals surface area contributed by atoms with Crippen LogP contribution in [0.2, 0.25) is 0 Å². The summed E-state index contributed by atoms with van der Waals surface area (Å²) >= 11 is 0. The highest BCUT2D eigenvalue weighted by Gasteiger charge is 2.16. The number of carbonyl (C=O) groups excluding carboxylic acids is 1. The molecule has 4 aromatic rings. The maximum atomic E-state index is 12.9. The lowest BCUT2D eigenvalue weighted by atomic mass is 10.1. The highest BCUT2D eigenvalue weighted by atomic mass is 16.1. The lowest BCUT2D eigenvalue weighted by Crippen LogP contribution is -2.20. The molecule has 4 nitrogen and oxygen atoms in total. The quantitative estimate of drug-likeness (QED) is 0.562. The number of amides is 1. The average Bonchev–Trinajstić information content (AvgIpc) is 3.04. The number of hydrogen-bond donors (Lipinski definition) is 1. The molecule has 0 saturated carbocycles.